The second kappa shape index (κ2) is 11.8. The lowest BCUT2D eigenvalue weighted by Gasteiger charge is -2.26. The lowest BCUT2D eigenvalue weighted by Crippen LogP contribution is -2.40. The van der Waals surface area contributed by atoms with Crippen molar-refractivity contribution in [2.45, 2.75) is 65.2 Å². The molecule has 2 aromatic carbocycles. The van der Waals surface area contributed by atoms with Crippen LogP contribution in [0.5, 0.6) is 0 Å². The molecule has 0 aromatic heterocycles. The minimum absolute atomic E-state index is 0.0596. The van der Waals surface area contributed by atoms with Crippen LogP contribution in [0.1, 0.15) is 67.1 Å². The molecule has 1 aliphatic heterocycles. The fraction of sp³-hybridized carbons (Fsp3) is 0.481. The Hall–Kier alpha value is -2.86. The van der Waals surface area contributed by atoms with E-state index in [4.69, 9.17) is 0 Å². The number of guanidine groups is 1. The third-order valence-corrected chi connectivity index (χ3v) is 5.70. The fourth-order valence-corrected chi connectivity index (χ4v) is 3.97. The predicted octanol–water partition coefficient (Wildman–Crippen LogP) is 4.07. The van der Waals surface area contributed by atoms with E-state index in [1.165, 1.54) is 43.5 Å². The zero-order chi connectivity index (χ0) is 23.7. The number of nitrogens with zero attached hydrogens (tertiary/aromatic N) is 2. The maximum absolute atomic E-state index is 12.4. The van der Waals surface area contributed by atoms with Crippen LogP contribution >= 0.6 is 0 Å². The molecule has 0 saturated carbocycles. The first-order valence-electron chi connectivity index (χ1n) is 12.0. The normalized spacial score (nSPS) is 15.2. The van der Waals surface area contributed by atoms with E-state index >= 15 is 0 Å². The average molecular weight is 450 g/mol. The van der Waals surface area contributed by atoms with E-state index in [0.717, 1.165) is 18.1 Å². The van der Waals surface area contributed by atoms with Crippen molar-refractivity contribution in [1.29, 1.82) is 0 Å². The summed E-state index contributed by atoms with van der Waals surface area (Å²) < 4.78 is 0. The topological polar surface area (TPSA) is 68.8 Å². The van der Waals surface area contributed by atoms with Gasteiger partial charge >= 0.3 is 0 Å². The van der Waals surface area contributed by atoms with E-state index < -0.39 is 0 Å². The molecule has 0 aliphatic carbocycles. The molecule has 0 bridgehead atoms. The smallest absolute Gasteiger partial charge is 0.251 e. The van der Waals surface area contributed by atoms with E-state index in [9.17, 15) is 4.79 Å². The van der Waals surface area contributed by atoms with Crippen molar-refractivity contribution in [3.05, 3.63) is 70.8 Å². The van der Waals surface area contributed by atoms with Crippen LogP contribution in [0.4, 0.5) is 0 Å². The molecule has 3 rings (SSSR count). The summed E-state index contributed by atoms with van der Waals surface area (Å²) in [5, 5.41) is 9.72. The number of carbonyl (C=O) groups excluding carboxylic acids is 1. The first kappa shape index (κ1) is 24.8. The molecule has 0 radical (unpaired) electrons. The van der Waals surface area contributed by atoms with Crippen molar-refractivity contribution in [3.8, 4) is 0 Å². The number of benzene rings is 2. The number of hydrogen-bond acceptors (Lipinski definition) is 3. The molecule has 0 unspecified atom stereocenters. The Morgan fingerprint density at radius 2 is 1.55 bits per heavy atom. The Morgan fingerprint density at radius 1 is 0.909 bits per heavy atom. The number of piperidine rings is 1. The zero-order valence-corrected chi connectivity index (χ0v) is 20.6. The predicted molar refractivity (Wildman–Crippen MR) is 136 cm³/mol. The van der Waals surface area contributed by atoms with Crippen LogP contribution in [0.25, 0.3) is 0 Å². The highest BCUT2D eigenvalue weighted by molar-refractivity contribution is 5.94. The summed E-state index contributed by atoms with van der Waals surface area (Å²) >= 11 is 0. The Bertz CT molecular complexity index is 924. The first-order chi connectivity index (χ1) is 15.8. The molecule has 178 valence electrons. The Kier molecular flexibility index (Phi) is 8.89. The van der Waals surface area contributed by atoms with Crippen LogP contribution in [-0.2, 0) is 19.6 Å². The Labute approximate surface area is 198 Å². The molecule has 2 aromatic rings. The number of aliphatic imine (C=N–C) groups is 1. The largest absolute Gasteiger partial charge is 0.352 e. The van der Waals surface area contributed by atoms with E-state index in [1.807, 2.05) is 45.0 Å². The summed E-state index contributed by atoms with van der Waals surface area (Å²) in [4.78, 5) is 19.3. The van der Waals surface area contributed by atoms with Gasteiger partial charge in [-0.05, 0) is 75.5 Å². The van der Waals surface area contributed by atoms with E-state index in [2.05, 4.69) is 50.1 Å². The average Bonchev–Trinajstić information content (AvgIpc) is 2.80. The van der Waals surface area contributed by atoms with Gasteiger partial charge in [0.25, 0.3) is 5.91 Å². The van der Waals surface area contributed by atoms with Gasteiger partial charge in [-0.25, -0.2) is 0 Å². The monoisotopic (exact) mass is 449 g/mol. The summed E-state index contributed by atoms with van der Waals surface area (Å²) in [7, 11) is 1.77. The lowest BCUT2D eigenvalue weighted by molar-refractivity contribution is 0.0919. The minimum Gasteiger partial charge on any atom is -0.352 e. The van der Waals surface area contributed by atoms with Gasteiger partial charge in [-0.1, -0.05) is 42.8 Å². The van der Waals surface area contributed by atoms with Gasteiger partial charge in [0.2, 0.25) is 0 Å². The van der Waals surface area contributed by atoms with Gasteiger partial charge in [0.05, 0.1) is 0 Å². The quantitative estimate of drug-likeness (QED) is 0.440. The Balaban J connectivity index is 1.47. The maximum atomic E-state index is 12.4. The number of likely N-dealkylation sites (tertiary alicyclic amines) is 1. The molecule has 1 aliphatic rings. The highest BCUT2D eigenvalue weighted by atomic mass is 16.1. The number of carbonyl (C=O) groups is 1. The molecule has 1 heterocycles. The van der Waals surface area contributed by atoms with Crippen LogP contribution in [0.15, 0.2) is 53.5 Å². The molecule has 1 amide bonds. The highest BCUT2D eigenvalue weighted by Crippen LogP contribution is 2.14. The van der Waals surface area contributed by atoms with Crippen LogP contribution in [0, 0.1) is 0 Å². The molecule has 3 N–H and O–H groups in total. The summed E-state index contributed by atoms with van der Waals surface area (Å²) in [5.41, 5.74) is 4.03. The van der Waals surface area contributed by atoms with Crippen molar-refractivity contribution in [3.63, 3.8) is 0 Å². The highest BCUT2D eigenvalue weighted by Gasteiger charge is 2.15. The van der Waals surface area contributed by atoms with Gasteiger partial charge in [0, 0.05) is 37.8 Å². The Morgan fingerprint density at radius 3 is 2.18 bits per heavy atom. The van der Waals surface area contributed by atoms with Crippen LogP contribution in [0.2, 0.25) is 0 Å². The maximum Gasteiger partial charge on any atom is 0.251 e. The lowest BCUT2D eigenvalue weighted by atomic mass is 10.1. The first-order valence-corrected chi connectivity index (χ1v) is 12.0. The third kappa shape index (κ3) is 8.54. The van der Waals surface area contributed by atoms with Crippen molar-refractivity contribution in [2.75, 3.05) is 20.1 Å². The molecule has 1 fully saturated rings. The summed E-state index contributed by atoms with van der Waals surface area (Å²) in [6.45, 7) is 10.7. The van der Waals surface area contributed by atoms with Gasteiger partial charge in [0.1, 0.15) is 0 Å². The summed E-state index contributed by atoms with van der Waals surface area (Å²) in [6.07, 6.45) is 4.01. The zero-order valence-electron chi connectivity index (χ0n) is 20.6. The number of amides is 1. The SMILES string of the molecule is CN=C(NCc1ccc(CN2CCCCC2)cc1)NCc1cccc(C(=O)NC(C)(C)C)c1. The second-order valence-electron chi connectivity index (χ2n) is 9.84. The molecule has 1 saturated heterocycles. The van der Waals surface area contributed by atoms with E-state index in [-0.39, 0.29) is 11.4 Å². The standard InChI is InChI=1S/C27H39N5O/c1-27(2,3)31-25(33)24-10-8-9-23(17-24)19-30-26(28-4)29-18-21-11-13-22(14-12-21)20-32-15-6-5-7-16-32/h8-14,17H,5-7,15-16,18-20H2,1-4H3,(H,31,33)(H2,28,29,30). The number of nitrogens with one attached hydrogen (secondary N) is 3. The van der Waals surface area contributed by atoms with E-state index in [0.29, 0.717) is 18.7 Å². The van der Waals surface area contributed by atoms with Crippen molar-refractivity contribution in [1.82, 2.24) is 20.9 Å². The van der Waals surface area contributed by atoms with Crippen LogP contribution in [0.3, 0.4) is 0 Å². The molecule has 0 atom stereocenters. The van der Waals surface area contributed by atoms with Gasteiger partial charge in [-0.3, -0.25) is 14.7 Å². The number of hydrogen-bond donors (Lipinski definition) is 3. The van der Waals surface area contributed by atoms with Gasteiger partial charge in [-0.15, -0.1) is 0 Å². The van der Waals surface area contributed by atoms with Crippen molar-refractivity contribution >= 4 is 11.9 Å². The summed E-state index contributed by atoms with van der Waals surface area (Å²) in [5.74, 6) is 0.674. The molecule has 6 nitrogen and oxygen atoms in total. The number of rotatable bonds is 7. The third-order valence-electron chi connectivity index (χ3n) is 5.70. The summed E-state index contributed by atoms with van der Waals surface area (Å²) in [6, 6.07) is 16.5. The minimum atomic E-state index is -0.261. The van der Waals surface area contributed by atoms with Gasteiger partial charge in [0.15, 0.2) is 5.96 Å². The molecular formula is C27H39N5O. The van der Waals surface area contributed by atoms with Gasteiger partial charge < -0.3 is 16.0 Å². The fourth-order valence-electron chi connectivity index (χ4n) is 3.97. The molecule has 33 heavy (non-hydrogen) atoms. The van der Waals surface area contributed by atoms with Crippen LogP contribution in [-0.4, -0.2) is 42.4 Å². The molecule has 0 spiro atoms. The second-order valence-corrected chi connectivity index (χ2v) is 9.84. The van der Waals surface area contributed by atoms with Crippen molar-refractivity contribution in [2.24, 2.45) is 4.99 Å². The van der Waals surface area contributed by atoms with Crippen molar-refractivity contribution < 1.29 is 4.79 Å². The van der Waals surface area contributed by atoms with E-state index in [1.54, 1.807) is 7.05 Å². The molecule has 6 heteroatoms. The van der Waals surface area contributed by atoms with Crippen LogP contribution < -0.4 is 16.0 Å². The molecular weight excluding hydrogens is 410 g/mol. The van der Waals surface area contributed by atoms with Gasteiger partial charge in [-0.2, -0.15) is 0 Å².